The van der Waals surface area contributed by atoms with Crippen molar-refractivity contribution in [3.8, 4) is 33.8 Å². The normalized spacial score (nSPS) is 14.2. The Hall–Kier alpha value is -8.76. The van der Waals surface area contributed by atoms with Gasteiger partial charge in [0.2, 0.25) is 0 Å². The largest absolute Gasteiger partial charge is 0.508 e. The number of rotatable bonds is 13. The number of carbonyl (C=O) groups excluding carboxylic acids is 2. The number of phenolic OH excluding ortho intramolecular Hbond substituents is 2. The zero-order valence-electron chi connectivity index (χ0n) is 40.2. The van der Waals surface area contributed by atoms with Gasteiger partial charge in [0.25, 0.3) is 11.8 Å². The minimum Gasteiger partial charge on any atom is -0.508 e. The van der Waals surface area contributed by atoms with Gasteiger partial charge >= 0.3 is 11.9 Å². The van der Waals surface area contributed by atoms with E-state index >= 15 is 0 Å². The van der Waals surface area contributed by atoms with E-state index in [-0.39, 0.29) is 51.4 Å². The third-order valence-corrected chi connectivity index (χ3v) is 15.0. The van der Waals surface area contributed by atoms with Gasteiger partial charge in [-0.2, -0.15) is 0 Å². The van der Waals surface area contributed by atoms with Crippen molar-refractivity contribution in [3.63, 3.8) is 0 Å². The highest BCUT2D eigenvalue weighted by molar-refractivity contribution is 6.11. The van der Waals surface area contributed by atoms with Gasteiger partial charge in [-0.1, -0.05) is 148 Å². The summed E-state index contributed by atoms with van der Waals surface area (Å²) < 4.78 is 0. The lowest BCUT2D eigenvalue weighted by atomic mass is 9.66. The van der Waals surface area contributed by atoms with Crippen LogP contribution < -0.4 is 10.6 Å². The summed E-state index contributed by atoms with van der Waals surface area (Å²) in [4.78, 5) is 54.8. The number of carboxylic acid groups (broad SMARTS) is 2. The number of hydrogen-bond donors (Lipinski definition) is 6. The molecule has 2 aliphatic carbocycles. The second-order valence-electron chi connectivity index (χ2n) is 18.9. The molecular weight excluding hydrogens is 901 g/mol. The summed E-state index contributed by atoms with van der Waals surface area (Å²) in [5.74, 6) is -4.02. The average molecular weight is 953 g/mol. The maximum Gasteiger partial charge on any atom is 0.336 e. The summed E-state index contributed by atoms with van der Waals surface area (Å²) in [6.45, 7) is 7.90. The molecule has 0 aliphatic heterocycles. The van der Waals surface area contributed by atoms with Gasteiger partial charge in [0.1, 0.15) is 11.5 Å². The molecule has 10 nitrogen and oxygen atoms in total. The maximum atomic E-state index is 14.7. The smallest absolute Gasteiger partial charge is 0.336 e. The van der Waals surface area contributed by atoms with Crippen LogP contribution in [0.4, 0.5) is 5.69 Å². The van der Waals surface area contributed by atoms with Gasteiger partial charge in [-0.3, -0.25) is 9.59 Å². The van der Waals surface area contributed by atoms with E-state index in [1.165, 1.54) is 30.3 Å². The van der Waals surface area contributed by atoms with Crippen molar-refractivity contribution in [3.05, 3.63) is 242 Å². The lowest BCUT2D eigenvalue weighted by molar-refractivity contribution is 0.0683. The molecule has 72 heavy (non-hydrogen) atoms. The monoisotopic (exact) mass is 952 g/mol. The van der Waals surface area contributed by atoms with Crippen LogP contribution in [0.5, 0.6) is 11.5 Å². The Kier molecular flexibility index (Phi) is 11.9. The lowest BCUT2D eigenvalue weighted by Gasteiger charge is -2.35. The van der Waals surface area contributed by atoms with E-state index in [9.17, 15) is 39.6 Å². The van der Waals surface area contributed by atoms with E-state index in [1.54, 1.807) is 24.3 Å². The van der Waals surface area contributed by atoms with Crippen molar-refractivity contribution < 1.29 is 39.6 Å². The molecule has 8 aromatic rings. The first-order valence-electron chi connectivity index (χ1n) is 24.2. The number of hydrogen-bond acceptors (Lipinski definition) is 6. The van der Waals surface area contributed by atoms with Crippen LogP contribution in [-0.4, -0.2) is 50.2 Å². The van der Waals surface area contributed by atoms with Crippen LogP contribution in [0, 0.1) is 0 Å². The van der Waals surface area contributed by atoms with Crippen LogP contribution in [-0.2, 0) is 10.8 Å². The van der Waals surface area contributed by atoms with Crippen LogP contribution in [0.3, 0.4) is 0 Å². The summed E-state index contributed by atoms with van der Waals surface area (Å²) in [6, 6.07) is 51.4. The number of anilines is 1. The van der Waals surface area contributed by atoms with Gasteiger partial charge < -0.3 is 31.1 Å². The van der Waals surface area contributed by atoms with E-state index in [2.05, 4.69) is 48.7 Å². The lowest BCUT2D eigenvalue weighted by Crippen LogP contribution is -2.34. The zero-order chi connectivity index (χ0) is 50.6. The molecule has 0 fully saturated rings. The Morgan fingerprint density at radius 2 is 0.847 bits per heavy atom. The molecule has 0 saturated heterocycles. The van der Waals surface area contributed by atoms with Gasteiger partial charge in [-0.05, 0) is 140 Å². The van der Waals surface area contributed by atoms with Crippen LogP contribution in [0.1, 0.15) is 138 Å². The number of nitrogens with one attached hydrogen (secondary N) is 2. The Morgan fingerprint density at radius 1 is 0.458 bits per heavy atom. The highest BCUT2D eigenvalue weighted by atomic mass is 16.4. The van der Waals surface area contributed by atoms with Crippen LogP contribution in [0.25, 0.3) is 22.3 Å². The minimum atomic E-state index is -1.39. The fraction of sp³-hybridized carbons (Fsp3) is 0.161. The van der Waals surface area contributed by atoms with Crippen LogP contribution >= 0.6 is 0 Å². The van der Waals surface area contributed by atoms with Crippen molar-refractivity contribution in [1.82, 2.24) is 5.32 Å². The third kappa shape index (κ3) is 7.24. The van der Waals surface area contributed by atoms with E-state index in [4.69, 9.17) is 0 Å². The number of benzene rings is 8. The molecule has 2 atom stereocenters. The number of aromatic hydroxyl groups is 2. The Bertz CT molecular complexity index is 3450. The van der Waals surface area contributed by atoms with Crippen LogP contribution in [0.15, 0.2) is 170 Å². The van der Waals surface area contributed by atoms with Gasteiger partial charge in [-0.15, -0.1) is 0 Å². The van der Waals surface area contributed by atoms with Crippen molar-refractivity contribution >= 4 is 29.4 Å². The molecule has 10 rings (SSSR count). The number of phenols is 2. The fourth-order valence-corrected chi connectivity index (χ4v) is 11.2. The zero-order valence-corrected chi connectivity index (χ0v) is 40.2. The Balaban J connectivity index is 1.12. The van der Waals surface area contributed by atoms with Crippen molar-refractivity contribution in [2.45, 2.75) is 63.3 Å². The van der Waals surface area contributed by atoms with Crippen molar-refractivity contribution in [1.29, 1.82) is 0 Å². The second-order valence-corrected chi connectivity index (χ2v) is 18.9. The molecule has 0 saturated carbocycles. The average Bonchev–Trinajstić information content (AvgIpc) is 3.87. The van der Waals surface area contributed by atoms with Crippen molar-refractivity contribution in [2.24, 2.45) is 0 Å². The highest BCUT2D eigenvalue weighted by Crippen LogP contribution is 2.58. The SMILES string of the molecule is CCC(C)NC(=O)c1ccc(C2(c3ccc(C(=O)Nc4cc(C5(c6ccc(O)c(C(C)CC)c6)c6ccccc6-c6ccccc65)ccc4O)c(C(=O)O)c3)c3ccccc3-c3ccccc32)cc1C(=O)O. The van der Waals surface area contributed by atoms with E-state index in [1.807, 2.05) is 105 Å². The van der Waals surface area contributed by atoms with E-state index in [0.717, 1.165) is 62.1 Å². The maximum absolute atomic E-state index is 14.7. The molecule has 2 aliphatic rings. The summed E-state index contributed by atoms with van der Waals surface area (Å²) in [7, 11) is 0. The number of carboxylic acids is 2. The minimum absolute atomic E-state index is 0.0157. The molecule has 6 N–H and O–H groups in total. The van der Waals surface area contributed by atoms with Gasteiger partial charge in [0.05, 0.1) is 38.8 Å². The van der Waals surface area contributed by atoms with Crippen molar-refractivity contribution in [2.75, 3.05) is 5.32 Å². The molecule has 0 radical (unpaired) electrons. The molecule has 0 aromatic heterocycles. The summed E-state index contributed by atoms with van der Waals surface area (Å²) in [6.07, 6.45) is 1.44. The number of fused-ring (bicyclic) bond motifs is 6. The fourth-order valence-electron chi connectivity index (χ4n) is 11.2. The van der Waals surface area contributed by atoms with Gasteiger partial charge in [0, 0.05) is 6.04 Å². The second kappa shape index (κ2) is 18.2. The summed E-state index contributed by atoms with van der Waals surface area (Å²) >= 11 is 0. The molecule has 2 amide bonds. The first-order chi connectivity index (χ1) is 34.7. The summed E-state index contributed by atoms with van der Waals surface area (Å²) in [5, 5.41) is 50.1. The van der Waals surface area contributed by atoms with E-state index in [0.29, 0.717) is 23.1 Å². The third-order valence-electron chi connectivity index (χ3n) is 15.0. The molecule has 2 unspecified atom stereocenters. The van der Waals surface area contributed by atoms with E-state index < -0.39 is 34.6 Å². The molecule has 10 heteroatoms. The summed E-state index contributed by atoms with van der Waals surface area (Å²) in [5.41, 5.74) is 7.52. The predicted molar refractivity (Wildman–Crippen MR) is 279 cm³/mol. The molecule has 8 aromatic carbocycles. The molecule has 0 bridgehead atoms. The number of amides is 2. The molecule has 0 heterocycles. The Morgan fingerprint density at radius 3 is 1.28 bits per heavy atom. The predicted octanol–water partition coefficient (Wildman–Crippen LogP) is 12.5. The Labute approximate surface area is 417 Å². The topological polar surface area (TPSA) is 173 Å². The van der Waals surface area contributed by atoms with Gasteiger partial charge in [0.15, 0.2) is 0 Å². The quantitative estimate of drug-likeness (QED) is 0.0620. The first kappa shape index (κ1) is 46.9. The number of carbonyl (C=O) groups is 4. The molecule has 358 valence electrons. The van der Waals surface area contributed by atoms with Crippen LogP contribution in [0.2, 0.25) is 0 Å². The molecular formula is C62H52N2O8. The molecule has 0 spiro atoms. The van der Waals surface area contributed by atoms with Gasteiger partial charge in [-0.25, -0.2) is 9.59 Å². The standard InChI is InChI=1S/C62H52N2O8/c1-5-35(3)47-31-39(25-29-55(47)65)62(52-21-13-9-17-43(52)44-18-10-14-22-53(44)62)40-26-30-56(66)54(34-40)64-58(68)46-28-24-38(33-49(46)60(71)72)61(50-19-11-7-15-41(50)42-16-8-12-20-51(42)61)37-23-27-45(48(32-37)59(69)70)57(67)63-36(4)6-2/h7-36,65-66H,5-6H2,1-4H3,(H,63,67)(H,64,68)(H,69,70)(H,71,72). The first-order valence-corrected chi connectivity index (χ1v) is 24.2. The number of aromatic carboxylic acids is 2. The highest BCUT2D eigenvalue weighted by Gasteiger charge is 2.48.